The lowest BCUT2D eigenvalue weighted by atomic mass is 10.0. The summed E-state index contributed by atoms with van der Waals surface area (Å²) >= 11 is 6.22. The third-order valence-electron chi connectivity index (χ3n) is 3.95. The van der Waals surface area contributed by atoms with E-state index in [1.165, 1.54) is 25.7 Å². The van der Waals surface area contributed by atoms with E-state index in [1.54, 1.807) is 12.1 Å². The van der Waals surface area contributed by atoms with Crippen LogP contribution in [0, 0.1) is 11.8 Å². The lowest BCUT2D eigenvalue weighted by Crippen LogP contribution is -2.26. The molecule has 102 valence electrons. The number of hydrogen-bond donors (Lipinski definition) is 3. The molecule has 0 unspecified atom stereocenters. The second-order valence-electron chi connectivity index (χ2n) is 5.63. The van der Waals surface area contributed by atoms with Gasteiger partial charge >= 0.3 is 0 Å². The van der Waals surface area contributed by atoms with Crippen LogP contribution in [0.2, 0.25) is 5.02 Å². The highest BCUT2D eigenvalue weighted by Crippen LogP contribution is 2.46. The summed E-state index contributed by atoms with van der Waals surface area (Å²) in [6.45, 7) is 0. The molecule has 2 saturated carbocycles. The number of carbonyl (C=O) groups excluding carboxylic acids is 1. The first-order chi connectivity index (χ1) is 9.06. The summed E-state index contributed by atoms with van der Waals surface area (Å²) in [5, 5.41) is 3.93. The average Bonchev–Trinajstić information content (AvgIpc) is 3.20. The Morgan fingerprint density at radius 2 is 1.84 bits per heavy atom. The molecule has 1 aromatic carbocycles. The number of rotatable bonds is 5. The Kier molecular flexibility index (Phi) is 3.05. The summed E-state index contributed by atoms with van der Waals surface area (Å²) < 4.78 is 0. The summed E-state index contributed by atoms with van der Waals surface area (Å²) in [6.07, 6.45) is 5.03. The predicted molar refractivity (Wildman–Crippen MR) is 77.2 cm³/mol. The van der Waals surface area contributed by atoms with Crippen LogP contribution in [0.5, 0.6) is 0 Å². The molecule has 0 radical (unpaired) electrons. The highest BCUT2D eigenvalue weighted by atomic mass is 35.5. The van der Waals surface area contributed by atoms with E-state index in [4.69, 9.17) is 23.1 Å². The van der Waals surface area contributed by atoms with Crippen molar-refractivity contribution >= 4 is 28.9 Å². The largest absolute Gasteiger partial charge is 0.399 e. The summed E-state index contributed by atoms with van der Waals surface area (Å²) in [4.78, 5) is 11.5. The number of nitrogens with two attached hydrogens (primary N) is 2. The molecule has 0 bridgehead atoms. The van der Waals surface area contributed by atoms with Gasteiger partial charge in [-0.15, -0.1) is 0 Å². The van der Waals surface area contributed by atoms with Crippen molar-refractivity contribution in [3.63, 3.8) is 0 Å². The second-order valence-corrected chi connectivity index (χ2v) is 6.04. The lowest BCUT2D eigenvalue weighted by Gasteiger charge is -2.22. The summed E-state index contributed by atoms with van der Waals surface area (Å²) in [6, 6.07) is 3.67. The van der Waals surface area contributed by atoms with Crippen LogP contribution in [0.1, 0.15) is 36.0 Å². The third-order valence-corrected chi connectivity index (χ3v) is 4.25. The molecule has 0 spiro atoms. The average molecular weight is 280 g/mol. The van der Waals surface area contributed by atoms with Crippen LogP contribution in [0.4, 0.5) is 11.4 Å². The maximum Gasteiger partial charge on any atom is 0.250 e. The Bertz CT molecular complexity index is 512. The van der Waals surface area contributed by atoms with Crippen LogP contribution in [0.25, 0.3) is 0 Å². The number of hydrogen-bond acceptors (Lipinski definition) is 3. The van der Waals surface area contributed by atoms with Crippen molar-refractivity contribution in [1.82, 2.24) is 0 Å². The van der Waals surface area contributed by atoms with Crippen LogP contribution >= 0.6 is 11.6 Å². The van der Waals surface area contributed by atoms with Gasteiger partial charge in [-0.05, 0) is 49.7 Å². The van der Waals surface area contributed by atoms with Gasteiger partial charge in [0.2, 0.25) is 0 Å². The number of carbonyl (C=O) groups is 1. The number of nitrogens with one attached hydrogen (secondary N) is 1. The normalized spacial score (nSPS) is 18.6. The second kappa shape index (κ2) is 4.60. The van der Waals surface area contributed by atoms with Gasteiger partial charge in [0.05, 0.1) is 16.3 Å². The first kappa shape index (κ1) is 12.6. The highest BCUT2D eigenvalue weighted by Gasteiger charge is 2.42. The van der Waals surface area contributed by atoms with E-state index in [0.717, 1.165) is 0 Å². The maximum absolute atomic E-state index is 11.5. The van der Waals surface area contributed by atoms with Crippen LogP contribution in [0.3, 0.4) is 0 Å². The number of amides is 1. The zero-order valence-corrected chi connectivity index (χ0v) is 11.4. The molecule has 0 aromatic heterocycles. The molecule has 0 atom stereocenters. The Balaban J connectivity index is 1.91. The Morgan fingerprint density at radius 3 is 2.32 bits per heavy atom. The Hall–Kier alpha value is -1.42. The van der Waals surface area contributed by atoms with Gasteiger partial charge in [-0.3, -0.25) is 4.79 Å². The molecular weight excluding hydrogens is 262 g/mol. The van der Waals surface area contributed by atoms with Gasteiger partial charge < -0.3 is 16.8 Å². The van der Waals surface area contributed by atoms with Crippen LogP contribution in [0.15, 0.2) is 12.1 Å². The standard InChI is InChI=1S/C14H18ClN3O/c15-11-6-9(16)5-10(14(17)19)13(11)18-12(7-1-2-7)8-3-4-8/h5-8,12,18H,1-4,16H2,(H2,17,19). The summed E-state index contributed by atoms with van der Waals surface area (Å²) in [5.74, 6) is 0.922. The first-order valence-corrected chi connectivity index (χ1v) is 7.09. The van der Waals surface area contributed by atoms with E-state index in [-0.39, 0.29) is 0 Å². The lowest BCUT2D eigenvalue weighted by molar-refractivity contribution is 0.100. The van der Waals surface area contributed by atoms with E-state index >= 15 is 0 Å². The molecule has 0 aliphatic heterocycles. The molecule has 1 aromatic rings. The fraction of sp³-hybridized carbons (Fsp3) is 0.500. The predicted octanol–water partition coefficient (Wildman–Crippen LogP) is 2.62. The minimum absolute atomic E-state index is 0.385. The molecule has 0 heterocycles. The zero-order valence-electron chi connectivity index (χ0n) is 10.7. The quantitative estimate of drug-likeness (QED) is 0.725. The van der Waals surface area contributed by atoms with E-state index in [9.17, 15) is 4.79 Å². The van der Waals surface area contributed by atoms with E-state index < -0.39 is 5.91 Å². The van der Waals surface area contributed by atoms with Crippen molar-refractivity contribution in [1.29, 1.82) is 0 Å². The minimum atomic E-state index is -0.498. The number of primary amides is 1. The van der Waals surface area contributed by atoms with E-state index in [1.807, 2.05) is 0 Å². The fourth-order valence-corrected chi connectivity index (χ4v) is 2.95. The van der Waals surface area contributed by atoms with E-state index in [0.29, 0.717) is 39.8 Å². The van der Waals surface area contributed by atoms with Crippen molar-refractivity contribution in [2.24, 2.45) is 17.6 Å². The Morgan fingerprint density at radius 1 is 1.26 bits per heavy atom. The molecule has 0 saturated heterocycles. The molecule has 2 aliphatic carbocycles. The number of halogens is 1. The highest BCUT2D eigenvalue weighted by molar-refractivity contribution is 6.34. The number of anilines is 2. The van der Waals surface area contributed by atoms with Gasteiger partial charge in [0, 0.05) is 11.7 Å². The first-order valence-electron chi connectivity index (χ1n) is 6.71. The summed E-state index contributed by atoms with van der Waals surface area (Å²) in [7, 11) is 0. The van der Waals surface area contributed by atoms with Crippen molar-refractivity contribution in [3.05, 3.63) is 22.7 Å². The number of benzene rings is 1. The van der Waals surface area contributed by atoms with Crippen LogP contribution < -0.4 is 16.8 Å². The minimum Gasteiger partial charge on any atom is -0.399 e. The van der Waals surface area contributed by atoms with Gasteiger partial charge in [-0.1, -0.05) is 11.6 Å². The SMILES string of the molecule is NC(=O)c1cc(N)cc(Cl)c1NC(C1CC1)C1CC1. The smallest absolute Gasteiger partial charge is 0.250 e. The topological polar surface area (TPSA) is 81.1 Å². The van der Waals surface area contributed by atoms with Gasteiger partial charge in [0.15, 0.2) is 0 Å². The van der Waals surface area contributed by atoms with Gasteiger partial charge in [-0.2, -0.15) is 0 Å². The van der Waals surface area contributed by atoms with Gasteiger partial charge in [0.1, 0.15) is 0 Å². The maximum atomic E-state index is 11.5. The molecule has 2 fully saturated rings. The van der Waals surface area contributed by atoms with Crippen molar-refractivity contribution < 1.29 is 4.79 Å². The summed E-state index contributed by atoms with van der Waals surface area (Å²) in [5.41, 5.74) is 12.6. The monoisotopic (exact) mass is 279 g/mol. The van der Waals surface area contributed by atoms with E-state index in [2.05, 4.69) is 5.32 Å². The van der Waals surface area contributed by atoms with Gasteiger partial charge in [0.25, 0.3) is 5.91 Å². The molecule has 5 N–H and O–H groups in total. The fourth-order valence-electron chi connectivity index (χ4n) is 2.67. The van der Waals surface area contributed by atoms with Crippen molar-refractivity contribution in [3.8, 4) is 0 Å². The molecular formula is C14H18ClN3O. The third kappa shape index (κ3) is 2.63. The Labute approximate surface area is 117 Å². The van der Waals surface area contributed by atoms with Crippen molar-refractivity contribution in [2.75, 3.05) is 11.1 Å². The number of nitrogen functional groups attached to an aromatic ring is 1. The molecule has 4 nitrogen and oxygen atoms in total. The molecule has 1 amide bonds. The molecule has 19 heavy (non-hydrogen) atoms. The van der Waals surface area contributed by atoms with Crippen molar-refractivity contribution in [2.45, 2.75) is 31.7 Å². The van der Waals surface area contributed by atoms with Gasteiger partial charge in [-0.25, -0.2) is 0 Å². The van der Waals surface area contributed by atoms with Crippen LogP contribution in [-0.4, -0.2) is 11.9 Å². The molecule has 5 heteroatoms. The molecule has 2 aliphatic rings. The molecule has 3 rings (SSSR count). The van der Waals surface area contributed by atoms with Crippen LogP contribution in [-0.2, 0) is 0 Å². The zero-order chi connectivity index (χ0) is 13.6.